The number of hydrazine groups is 1. The van der Waals surface area contributed by atoms with Gasteiger partial charge < -0.3 is 0 Å². The third-order valence-electron chi connectivity index (χ3n) is 5.93. The van der Waals surface area contributed by atoms with Crippen LogP contribution in [0.25, 0.3) is 6.08 Å². The van der Waals surface area contributed by atoms with Crippen molar-refractivity contribution in [1.29, 1.82) is 0 Å². The number of aromatic nitrogens is 1. The van der Waals surface area contributed by atoms with Gasteiger partial charge in [-0.15, -0.1) is 0 Å². The molecule has 15 heteroatoms. The van der Waals surface area contributed by atoms with Crippen LogP contribution in [0.2, 0.25) is 0 Å². The average Bonchev–Trinajstić information content (AvgIpc) is 2.85. The first kappa shape index (κ1) is 36.8. The van der Waals surface area contributed by atoms with E-state index in [1.54, 1.807) is 31.5 Å². The number of hydrogen-bond acceptors (Lipinski definition) is 9. The van der Waals surface area contributed by atoms with Crippen LogP contribution in [0, 0.1) is 6.92 Å². The first-order valence-corrected chi connectivity index (χ1v) is 14.9. The molecule has 7 N–H and O–H groups in total. The standard InChI is InChI=1S/C24H32N4O5S.CH4.H2O4S/c1-4-14-24(23(30)27-25,34(3,32)33)16-20-17(2)13-15-26-21(20)19(22(29)28-31)12-8-11-18-9-6-5-7-10-18;;1-5(2,3)4/h5-11,13,15,19,31H,4,12,14,16,25H2,1-3H3,(H,27,30)(H,28,29);1H4;(H2,1,2,3,4)/b11-8+;;/t19-,24+;;/m0../s1. The van der Waals surface area contributed by atoms with Crippen molar-refractivity contribution in [3.63, 3.8) is 0 Å². The Morgan fingerprint density at radius 2 is 1.70 bits per heavy atom. The predicted molar refractivity (Wildman–Crippen MR) is 151 cm³/mol. The van der Waals surface area contributed by atoms with Crippen LogP contribution < -0.4 is 16.7 Å². The van der Waals surface area contributed by atoms with E-state index >= 15 is 0 Å². The Morgan fingerprint density at radius 3 is 2.17 bits per heavy atom. The van der Waals surface area contributed by atoms with Gasteiger partial charge in [0.1, 0.15) is 0 Å². The van der Waals surface area contributed by atoms with E-state index < -0.39 is 42.7 Å². The lowest BCUT2D eigenvalue weighted by Crippen LogP contribution is -2.55. The van der Waals surface area contributed by atoms with Crippen LogP contribution in [0.1, 0.15) is 61.9 Å². The maximum atomic E-state index is 12.9. The first-order valence-electron chi connectivity index (χ1n) is 11.6. The van der Waals surface area contributed by atoms with Crippen molar-refractivity contribution in [3.05, 3.63) is 71.1 Å². The van der Waals surface area contributed by atoms with Crippen LogP contribution in [0.3, 0.4) is 0 Å². The van der Waals surface area contributed by atoms with Crippen LogP contribution in [0.15, 0.2) is 48.7 Å². The van der Waals surface area contributed by atoms with E-state index in [1.165, 1.54) is 6.20 Å². The molecule has 13 nitrogen and oxygen atoms in total. The summed E-state index contributed by atoms with van der Waals surface area (Å²) in [6.45, 7) is 3.53. The largest absolute Gasteiger partial charge is 0.394 e. The van der Waals surface area contributed by atoms with E-state index in [-0.39, 0.29) is 26.7 Å². The van der Waals surface area contributed by atoms with Gasteiger partial charge in [0.25, 0.3) is 11.8 Å². The number of carbonyl (C=O) groups excluding carboxylic acids is 2. The Balaban J connectivity index is 0.00000232. The minimum absolute atomic E-state index is 0. The minimum Gasteiger partial charge on any atom is -0.293 e. The van der Waals surface area contributed by atoms with Gasteiger partial charge in [-0.3, -0.25) is 34.3 Å². The third-order valence-corrected chi connectivity index (χ3v) is 7.89. The zero-order valence-electron chi connectivity index (χ0n) is 21.7. The average molecular weight is 603 g/mol. The fourth-order valence-corrected chi connectivity index (χ4v) is 5.43. The zero-order valence-corrected chi connectivity index (χ0v) is 23.4. The summed E-state index contributed by atoms with van der Waals surface area (Å²) < 4.78 is 55.5. The highest BCUT2D eigenvalue weighted by Crippen LogP contribution is 2.33. The second-order valence-electron chi connectivity index (χ2n) is 8.68. The van der Waals surface area contributed by atoms with E-state index in [9.17, 15) is 23.2 Å². The normalized spacial score (nSPS) is 13.7. The Bertz CT molecular complexity index is 1360. The monoisotopic (exact) mass is 602 g/mol. The highest BCUT2D eigenvalue weighted by molar-refractivity contribution is 7.92. The topological polar surface area (TPSA) is 226 Å². The number of aryl methyl sites for hydroxylation is 1. The molecule has 2 atom stereocenters. The second kappa shape index (κ2) is 16.2. The summed E-state index contributed by atoms with van der Waals surface area (Å²) in [5.74, 6) is 2.95. The molecule has 0 aliphatic heterocycles. The molecule has 1 heterocycles. The van der Waals surface area contributed by atoms with Gasteiger partial charge in [-0.1, -0.05) is 63.3 Å². The molecular weight excluding hydrogens is 564 g/mol. The van der Waals surface area contributed by atoms with Crippen LogP contribution >= 0.6 is 0 Å². The molecule has 0 saturated carbocycles. The molecule has 0 saturated heterocycles. The van der Waals surface area contributed by atoms with Crippen molar-refractivity contribution in [2.75, 3.05) is 6.26 Å². The van der Waals surface area contributed by atoms with E-state index in [0.29, 0.717) is 23.2 Å². The molecule has 0 fully saturated rings. The fraction of sp³-hybridized carbons (Fsp3) is 0.400. The molecule has 0 aliphatic rings. The predicted octanol–water partition coefficient (Wildman–Crippen LogP) is 2.18. The van der Waals surface area contributed by atoms with Gasteiger partial charge >= 0.3 is 10.4 Å². The number of hydrogen-bond donors (Lipinski definition) is 6. The molecule has 0 bridgehead atoms. The van der Waals surface area contributed by atoms with Gasteiger partial charge in [0.05, 0.1) is 11.6 Å². The first-order chi connectivity index (χ1) is 18.1. The molecule has 40 heavy (non-hydrogen) atoms. The van der Waals surface area contributed by atoms with E-state index in [4.69, 9.17) is 23.4 Å². The number of sulfone groups is 1. The quantitative estimate of drug-likeness (QED) is 0.0718. The van der Waals surface area contributed by atoms with Gasteiger partial charge in [-0.2, -0.15) is 8.42 Å². The summed E-state index contributed by atoms with van der Waals surface area (Å²) in [5, 5.41) is 9.39. The number of allylic oxidation sites excluding steroid dienone is 1. The number of nitrogens with zero attached hydrogens (tertiary/aromatic N) is 1. The molecule has 1 aromatic carbocycles. The summed E-state index contributed by atoms with van der Waals surface area (Å²) in [5.41, 5.74) is 6.02. The van der Waals surface area contributed by atoms with Crippen LogP contribution in [-0.4, -0.2) is 58.9 Å². The van der Waals surface area contributed by atoms with E-state index in [0.717, 1.165) is 11.8 Å². The smallest absolute Gasteiger partial charge is 0.293 e. The number of hydroxylamine groups is 1. The lowest BCUT2D eigenvalue weighted by molar-refractivity contribution is -0.130. The van der Waals surface area contributed by atoms with Crippen molar-refractivity contribution in [2.24, 2.45) is 5.84 Å². The lowest BCUT2D eigenvalue weighted by atomic mass is 9.86. The summed E-state index contributed by atoms with van der Waals surface area (Å²) >= 11 is 0. The Kier molecular flexibility index (Phi) is 14.9. The number of pyridine rings is 1. The van der Waals surface area contributed by atoms with Crippen molar-refractivity contribution in [2.45, 2.75) is 57.6 Å². The van der Waals surface area contributed by atoms with Crippen molar-refractivity contribution >= 4 is 38.1 Å². The minimum atomic E-state index is -4.67. The van der Waals surface area contributed by atoms with Gasteiger partial charge in [-0.25, -0.2) is 19.7 Å². The van der Waals surface area contributed by atoms with E-state index in [2.05, 4.69) is 4.98 Å². The highest BCUT2D eigenvalue weighted by atomic mass is 32.3. The fourth-order valence-electron chi connectivity index (χ4n) is 4.05. The van der Waals surface area contributed by atoms with Gasteiger partial charge in [0.2, 0.25) is 0 Å². The van der Waals surface area contributed by atoms with Crippen LogP contribution in [0.4, 0.5) is 0 Å². The number of nitrogens with two attached hydrogens (primary N) is 1. The molecule has 2 amide bonds. The Morgan fingerprint density at radius 1 is 1.12 bits per heavy atom. The highest BCUT2D eigenvalue weighted by Gasteiger charge is 2.48. The van der Waals surface area contributed by atoms with Crippen molar-refractivity contribution < 1.29 is 40.7 Å². The number of benzene rings is 1. The number of amides is 2. The molecule has 224 valence electrons. The summed E-state index contributed by atoms with van der Waals surface area (Å²) in [7, 11) is -8.59. The molecule has 0 unspecified atom stereocenters. The van der Waals surface area contributed by atoms with Crippen LogP contribution in [0.5, 0.6) is 0 Å². The molecule has 0 aliphatic carbocycles. The van der Waals surface area contributed by atoms with Crippen molar-refractivity contribution in [3.8, 4) is 0 Å². The zero-order chi connectivity index (χ0) is 29.9. The van der Waals surface area contributed by atoms with Crippen LogP contribution in [-0.2, 0) is 36.2 Å². The summed E-state index contributed by atoms with van der Waals surface area (Å²) in [4.78, 5) is 29.8. The number of nitrogens with one attached hydrogen (secondary N) is 2. The molecule has 2 aromatic rings. The molecule has 0 radical (unpaired) electrons. The van der Waals surface area contributed by atoms with E-state index in [1.807, 2.05) is 41.8 Å². The summed E-state index contributed by atoms with van der Waals surface area (Å²) in [6.07, 6.45) is 6.56. The third kappa shape index (κ3) is 10.7. The maximum absolute atomic E-state index is 12.9. The maximum Gasteiger partial charge on any atom is 0.394 e. The molecule has 2 rings (SSSR count). The SMILES string of the molecule is C.CCC[C@@](Cc1c(C)ccnc1[C@H](C/C=C/c1ccccc1)C(=O)NO)(C(=O)NN)S(C)(=O)=O.O=S(=O)(O)O. The second-order valence-corrected chi connectivity index (χ2v) is 11.9. The molecule has 0 spiro atoms. The number of rotatable bonds is 11. The summed E-state index contributed by atoms with van der Waals surface area (Å²) in [6, 6.07) is 11.2. The van der Waals surface area contributed by atoms with Gasteiger partial charge in [0, 0.05) is 18.9 Å². The van der Waals surface area contributed by atoms with Gasteiger partial charge in [0.15, 0.2) is 14.6 Å². The number of carbonyl (C=O) groups is 2. The van der Waals surface area contributed by atoms with Crippen molar-refractivity contribution in [1.82, 2.24) is 15.9 Å². The lowest BCUT2D eigenvalue weighted by Gasteiger charge is -2.31. The Labute approximate surface area is 235 Å². The molecule has 1 aromatic heterocycles. The Hall–Kier alpha value is -3.21. The molecular formula is C25H38N4O9S2. The van der Waals surface area contributed by atoms with Gasteiger partial charge in [-0.05, 0) is 42.5 Å².